The molecule has 0 fully saturated rings. The highest BCUT2D eigenvalue weighted by Gasteiger charge is 2.33. The van der Waals surface area contributed by atoms with Crippen LogP contribution in [0.25, 0.3) is 0 Å². The molecule has 7 nitrogen and oxygen atoms in total. The SMILES string of the molecule is CCCCNC(=O)C(Cc1ccccc1)N(Cc1ccccc1C)C(=O)CN(C)S(=O)(=O)c1ccc(Cl)cc1. The molecule has 0 spiro atoms. The Bertz CT molecular complexity index is 1350. The Morgan fingerprint density at radius 3 is 2.23 bits per heavy atom. The molecule has 3 aromatic carbocycles. The van der Waals surface area contributed by atoms with E-state index in [0.717, 1.165) is 33.8 Å². The predicted octanol–water partition coefficient (Wildman–Crippen LogP) is 4.83. The second-order valence-electron chi connectivity index (χ2n) is 9.51. The molecular weight excluding hydrogens is 534 g/mol. The number of amides is 2. The molecule has 9 heteroatoms. The summed E-state index contributed by atoms with van der Waals surface area (Å²) in [7, 11) is -2.60. The van der Waals surface area contributed by atoms with E-state index in [-0.39, 0.29) is 17.3 Å². The Balaban J connectivity index is 1.96. The molecule has 208 valence electrons. The van der Waals surface area contributed by atoms with Crippen molar-refractivity contribution >= 4 is 33.4 Å². The minimum atomic E-state index is -3.96. The van der Waals surface area contributed by atoms with Crippen molar-refractivity contribution in [2.75, 3.05) is 20.1 Å². The van der Waals surface area contributed by atoms with E-state index in [1.54, 1.807) is 0 Å². The second kappa shape index (κ2) is 14.3. The fourth-order valence-electron chi connectivity index (χ4n) is 4.18. The minimum Gasteiger partial charge on any atom is -0.354 e. The van der Waals surface area contributed by atoms with Gasteiger partial charge in [-0.3, -0.25) is 9.59 Å². The van der Waals surface area contributed by atoms with E-state index in [2.05, 4.69) is 5.32 Å². The summed E-state index contributed by atoms with van der Waals surface area (Å²) in [5, 5.41) is 3.39. The molecule has 0 aromatic heterocycles. The highest BCUT2D eigenvalue weighted by atomic mass is 35.5. The molecule has 0 saturated carbocycles. The fraction of sp³-hybridized carbons (Fsp3) is 0.333. The van der Waals surface area contributed by atoms with Gasteiger partial charge < -0.3 is 10.2 Å². The summed E-state index contributed by atoms with van der Waals surface area (Å²) in [6, 6.07) is 22.1. The van der Waals surface area contributed by atoms with Gasteiger partial charge in [0.05, 0.1) is 11.4 Å². The van der Waals surface area contributed by atoms with Gasteiger partial charge in [-0.05, 0) is 54.3 Å². The molecule has 1 unspecified atom stereocenters. The van der Waals surface area contributed by atoms with Crippen LogP contribution in [0.2, 0.25) is 5.02 Å². The summed E-state index contributed by atoms with van der Waals surface area (Å²) < 4.78 is 27.4. The molecule has 0 aliphatic rings. The first-order valence-corrected chi connectivity index (χ1v) is 14.8. The van der Waals surface area contributed by atoms with Gasteiger partial charge in [0.25, 0.3) is 0 Å². The van der Waals surface area contributed by atoms with E-state index in [0.29, 0.717) is 18.0 Å². The molecule has 39 heavy (non-hydrogen) atoms. The van der Waals surface area contributed by atoms with Crippen LogP contribution in [-0.2, 0) is 32.6 Å². The lowest BCUT2D eigenvalue weighted by Crippen LogP contribution is -2.53. The number of carbonyl (C=O) groups is 2. The van der Waals surface area contributed by atoms with Crippen LogP contribution in [0.15, 0.2) is 83.8 Å². The van der Waals surface area contributed by atoms with Crippen molar-refractivity contribution in [3.8, 4) is 0 Å². The molecule has 0 saturated heterocycles. The number of unbranched alkanes of at least 4 members (excludes halogenated alkanes) is 1. The van der Waals surface area contributed by atoms with Crippen molar-refractivity contribution in [2.45, 2.75) is 50.6 Å². The topological polar surface area (TPSA) is 86.8 Å². The summed E-state index contributed by atoms with van der Waals surface area (Å²) in [4.78, 5) is 29.0. The highest BCUT2D eigenvalue weighted by molar-refractivity contribution is 7.89. The van der Waals surface area contributed by atoms with Gasteiger partial charge in [-0.15, -0.1) is 0 Å². The summed E-state index contributed by atoms with van der Waals surface area (Å²) in [5.74, 6) is -0.734. The molecule has 2 amide bonds. The third kappa shape index (κ3) is 8.39. The van der Waals surface area contributed by atoms with Gasteiger partial charge in [-0.1, -0.05) is 79.5 Å². The van der Waals surface area contributed by atoms with Crippen molar-refractivity contribution in [1.82, 2.24) is 14.5 Å². The molecular formula is C30H36ClN3O4S. The molecule has 0 aliphatic heterocycles. The summed E-state index contributed by atoms with van der Waals surface area (Å²) in [5.41, 5.74) is 2.76. The Hall–Kier alpha value is -3.20. The van der Waals surface area contributed by atoms with Crippen molar-refractivity contribution < 1.29 is 18.0 Å². The Morgan fingerprint density at radius 2 is 1.59 bits per heavy atom. The maximum atomic E-state index is 13.9. The van der Waals surface area contributed by atoms with Crippen LogP contribution in [0.5, 0.6) is 0 Å². The maximum absolute atomic E-state index is 13.9. The zero-order valence-electron chi connectivity index (χ0n) is 22.6. The first-order valence-electron chi connectivity index (χ1n) is 13.0. The first-order chi connectivity index (χ1) is 18.6. The van der Waals surface area contributed by atoms with Crippen LogP contribution in [-0.4, -0.2) is 55.6 Å². The average Bonchev–Trinajstić information content (AvgIpc) is 2.92. The molecule has 0 aliphatic carbocycles. The lowest BCUT2D eigenvalue weighted by Gasteiger charge is -2.33. The lowest BCUT2D eigenvalue weighted by molar-refractivity contribution is -0.141. The lowest BCUT2D eigenvalue weighted by atomic mass is 10.0. The van der Waals surface area contributed by atoms with Gasteiger partial charge in [0, 0.05) is 31.6 Å². The molecule has 0 radical (unpaired) electrons. The molecule has 0 heterocycles. The van der Waals surface area contributed by atoms with Crippen LogP contribution >= 0.6 is 11.6 Å². The third-order valence-corrected chi connectivity index (χ3v) is 8.65. The normalized spacial score (nSPS) is 12.2. The average molecular weight is 570 g/mol. The van der Waals surface area contributed by atoms with Crippen LogP contribution in [0.4, 0.5) is 0 Å². The summed E-state index contributed by atoms with van der Waals surface area (Å²) in [6.45, 7) is 4.22. The van der Waals surface area contributed by atoms with Gasteiger partial charge >= 0.3 is 0 Å². The number of nitrogens with zero attached hydrogens (tertiary/aromatic N) is 2. The van der Waals surface area contributed by atoms with Crippen molar-refractivity contribution in [2.24, 2.45) is 0 Å². The number of likely N-dealkylation sites (N-methyl/N-ethyl adjacent to an activating group) is 1. The third-order valence-electron chi connectivity index (χ3n) is 6.58. The number of rotatable bonds is 13. The number of benzene rings is 3. The number of nitrogens with one attached hydrogen (secondary N) is 1. The van der Waals surface area contributed by atoms with E-state index in [1.807, 2.05) is 68.4 Å². The van der Waals surface area contributed by atoms with Crippen LogP contribution < -0.4 is 5.32 Å². The molecule has 0 bridgehead atoms. The summed E-state index contributed by atoms with van der Waals surface area (Å²) >= 11 is 5.93. The zero-order chi connectivity index (χ0) is 28.4. The number of halogens is 1. The number of aryl methyl sites for hydroxylation is 1. The quantitative estimate of drug-likeness (QED) is 0.299. The van der Waals surface area contributed by atoms with Gasteiger partial charge in [-0.2, -0.15) is 4.31 Å². The van der Waals surface area contributed by atoms with Gasteiger partial charge in [0.2, 0.25) is 21.8 Å². The minimum absolute atomic E-state index is 0.0331. The molecule has 3 aromatic rings. The number of carbonyl (C=O) groups excluding carboxylic acids is 2. The van der Waals surface area contributed by atoms with E-state index >= 15 is 0 Å². The van der Waals surface area contributed by atoms with Crippen molar-refractivity contribution in [3.05, 3.63) is 101 Å². The van der Waals surface area contributed by atoms with Crippen molar-refractivity contribution in [1.29, 1.82) is 0 Å². The molecule has 1 N–H and O–H groups in total. The van der Waals surface area contributed by atoms with Gasteiger partial charge in [0.15, 0.2) is 0 Å². The van der Waals surface area contributed by atoms with Crippen LogP contribution in [0.3, 0.4) is 0 Å². The maximum Gasteiger partial charge on any atom is 0.243 e. The zero-order valence-corrected chi connectivity index (χ0v) is 24.2. The predicted molar refractivity (Wildman–Crippen MR) is 155 cm³/mol. The first kappa shape index (κ1) is 30.3. The second-order valence-corrected chi connectivity index (χ2v) is 12.0. The molecule has 1 atom stereocenters. The Labute approximate surface area is 236 Å². The van der Waals surface area contributed by atoms with E-state index in [1.165, 1.54) is 36.2 Å². The summed E-state index contributed by atoms with van der Waals surface area (Å²) in [6.07, 6.45) is 2.03. The van der Waals surface area contributed by atoms with Gasteiger partial charge in [0.1, 0.15) is 6.04 Å². The number of hydrogen-bond acceptors (Lipinski definition) is 4. The van der Waals surface area contributed by atoms with E-state index in [9.17, 15) is 18.0 Å². The smallest absolute Gasteiger partial charge is 0.243 e. The number of hydrogen-bond donors (Lipinski definition) is 1. The van der Waals surface area contributed by atoms with E-state index in [4.69, 9.17) is 11.6 Å². The number of sulfonamides is 1. The largest absolute Gasteiger partial charge is 0.354 e. The Morgan fingerprint density at radius 1 is 0.949 bits per heavy atom. The van der Waals surface area contributed by atoms with E-state index < -0.39 is 28.5 Å². The van der Waals surface area contributed by atoms with Crippen LogP contribution in [0, 0.1) is 6.92 Å². The standard InChI is InChI=1S/C30H36ClN3O4S/c1-4-5-19-32-30(36)28(20-24-12-7-6-8-13-24)34(21-25-14-10-9-11-23(25)2)29(35)22-33(3)39(37,38)27-17-15-26(31)16-18-27/h6-18,28H,4-5,19-22H2,1-3H3,(H,32,36). The highest BCUT2D eigenvalue weighted by Crippen LogP contribution is 2.20. The van der Waals surface area contributed by atoms with Crippen LogP contribution in [0.1, 0.15) is 36.5 Å². The van der Waals surface area contributed by atoms with Gasteiger partial charge in [-0.25, -0.2) is 8.42 Å². The monoisotopic (exact) mass is 569 g/mol. The molecule has 3 rings (SSSR count). The fourth-order valence-corrected chi connectivity index (χ4v) is 5.43. The Kier molecular flexibility index (Phi) is 11.1. The van der Waals surface area contributed by atoms with Crippen molar-refractivity contribution in [3.63, 3.8) is 0 Å².